The summed E-state index contributed by atoms with van der Waals surface area (Å²) in [6, 6.07) is 3.56. The second kappa shape index (κ2) is 7.42. The molecule has 2 aliphatic rings. The minimum atomic E-state index is -1.23. The lowest BCUT2D eigenvalue weighted by Crippen LogP contribution is -2.23. The lowest BCUT2D eigenvalue weighted by Gasteiger charge is -2.22. The second-order valence-corrected chi connectivity index (χ2v) is 9.92. The molecule has 6 heteroatoms. The average Bonchev–Trinajstić information content (AvgIpc) is 3.08. The zero-order valence-electron chi connectivity index (χ0n) is 19.2. The molecule has 0 aromatic heterocycles. The normalized spacial score (nSPS) is 24.6. The largest absolute Gasteiger partial charge is 0.507 e. The third kappa shape index (κ3) is 2.86. The number of fused-ring (bicyclic) bond motifs is 2. The Hall–Kier alpha value is -2.70. The Labute approximate surface area is 187 Å². The summed E-state index contributed by atoms with van der Waals surface area (Å²) >= 11 is 0. The number of rotatable bonds is 3. The van der Waals surface area contributed by atoms with Crippen molar-refractivity contribution in [3.05, 3.63) is 45.5 Å². The van der Waals surface area contributed by atoms with Crippen molar-refractivity contribution in [2.24, 2.45) is 11.8 Å². The molecular weight excluding hydrogens is 408 g/mol. The van der Waals surface area contributed by atoms with Crippen molar-refractivity contribution in [2.45, 2.75) is 65.6 Å². The SMILES string of the molecule is Cc1cc2c(c(O)c1-c1c(C)cc3c(c1O)C(=O)C(O)C3C(C)C)C(=O)C(O)C2C(C)C. The van der Waals surface area contributed by atoms with E-state index in [0.29, 0.717) is 22.3 Å². The maximum Gasteiger partial charge on any atom is 0.195 e. The summed E-state index contributed by atoms with van der Waals surface area (Å²) in [4.78, 5) is 25.7. The smallest absolute Gasteiger partial charge is 0.195 e. The van der Waals surface area contributed by atoms with E-state index in [4.69, 9.17) is 0 Å². The number of aliphatic hydroxyl groups excluding tert-OH is 2. The van der Waals surface area contributed by atoms with Gasteiger partial charge in [-0.05, 0) is 47.9 Å². The topological polar surface area (TPSA) is 115 Å². The Morgan fingerprint density at radius 2 is 0.969 bits per heavy atom. The van der Waals surface area contributed by atoms with E-state index in [2.05, 4.69) is 0 Å². The fourth-order valence-electron chi connectivity index (χ4n) is 5.74. The zero-order chi connectivity index (χ0) is 23.8. The van der Waals surface area contributed by atoms with Gasteiger partial charge in [-0.3, -0.25) is 9.59 Å². The van der Waals surface area contributed by atoms with Gasteiger partial charge in [0.25, 0.3) is 0 Å². The third-order valence-corrected chi connectivity index (χ3v) is 7.17. The van der Waals surface area contributed by atoms with Crippen molar-refractivity contribution < 1.29 is 30.0 Å². The number of hydrogen-bond acceptors (Lipinski definition) is 6. The lowest BCUT2D eigenvalue weighted by atomic mass is 9.83. The first-order valence-corrected chi connectivity index (χ1v) is 11.1. The molecular formula is C26H30O6. The van der Waals surface area contributed by atoms with Gasteiger partial charge in [0.05, 0.1) is 11.1 Å². The maximum atomic E-state index is 12.8. The minimum absolute atomic E-state index is 0.0120. The summed E-state index contributed by atoms with van der Waals surface area (Å²) in [5, 5.41) is 43.5. The van der Waals surface area contributed by atoms with Crippen LogP contribution < -0.4 is 0 Å². The highest BCUT2D eigenvalue weighted by Gasteiger charge is 2.45. The molecule has 4 unspecified atom stereocenters. The van der Waals surface area contributed by atoms with E-state index in [-0.39, 0.29) is 45.6 Å². The molecule has 2 aromatic rings. The van der Waals surface area contributed by atoms with Gasteiger partial charge >= 0.3 is 0 Å². The van der Waals surface area contributed by atoms with E-state index >= 15 is 0 Å². The van der Waals surface area contributed by atoms with Crippen LogP contribution in [0.2, 0.25) is 0 Å². The molecule has 0 aliphatic heterocycles. The summed E-state index contributed by atoms with van der Waals surface area (Å²) in [6.45, 7) is 11.2. The Bertz CT molecular complexity index is 1070. The molecule has 32 heavy (non-hydrogen) atoms. The molecule has 0 amide bonds. The van der Waals surface area contributed by atoms with Crippen LogP contribution in [-0.2, 0) is 0 Å². The van der Waals surface area contributed by atoms with Crippen LogP contribution in [0, 0.1) is 25.7 Å². The Kier molecular flexibility index (Phi) is 5.22. The van der Waals surface area contributed by atoms with E-state index in [0.717, 1.165) is 0 Å². The maximum absolute atomic E-state index is 12.8. The van der Waals surface area contributed by atoms with Crippen molar-refractivity contribution >= 4 is 11.6 Å². The van der Waals surface area contributed by atoms with Gasteiger partial charge in [-0.1, -0.05) is 39.8 Å². The number of phenolic OH excluding ortho intramolecular Hbond substituents is 2. The van der Waals surface area contributed by atoms with E-state index < -0.39 is 35.6 Å². The van der Waals surface area contributed by atoms with E-state index in [9.17, 15) is 30.0 Å². The summed E-state index contributed by atoms with van der Waals surface area (Å²) in [5.41, 5.74) is 3.12. The molecule has 0 heterocycles. The number of carbonyl (C=O) groups is 2. The summed E-state index contributed by atoms with van der Waals surface area (Å²) in [6.07, 6.45) is -2.47. The van der Waals surface area contributed by atoms with Crippen LogP contribution in [0.25, 0.3) is 11.1 Å². The van der Waals surface area contributed by atoms with Gasteiger partial charge in [0, 0.05) is 23.0 Å². The highest BCUT2D eigenvalue weighted by molar-refractivity contribution is 6.11. The highest BCUT2D eigenvalue weighted by Crippen LogP contribution is 2.52. The molecule has 0 bridgehead atoms. The van der Waals surface area contributed by atoms with Crippen LogP contribution in [0.3, 0.4) is 0 Å². The molecule has 6 nitrogen and oxygen atoms in total. The first-order valence-electron chi connectivity index (χ1n) is 11.1. The Morgan fingerprint density at radius 1 is 0.656 bits per heavy atom. The quantitative estimate of drug-likeness (QED) is 0.576. The minimum Gasteiger partial charge on any atom is -0.507 e. The number of carbonyl (C=O) groups excluding carboxylic acids is 2. The number of aryl methyl sites for hydroxylation is 2. The van der Waals surface area contributed by atoms with E-state index in [1.807, 2.05) is 27.7 Å². The van der Waals surface area contributed by atoms with Gasteiger partial charge in [-0.15, -0.1) is 0 Å². The monoisotopic (exact) mass is 438 g/mol. The van der Waals surface area contributed by atoms with Crippen molar-refractivity contribution in [1.82, 2.24) is 0 Å². The number of Topliss-reactive ketones (excluding diaryl/α,β-unsaturated/α-hetero) is 2. The fourth-order valence-corrected chi connectivity index (χ4v) is 5.74. The van der Waals surface area contributed by atoms with Crippen molar-refractivity contribution in [1.29, 1.82) is 0 Å². The molecule has 0 fully saturated rings. The van der Waals surface area contributed by atoms with Crippen LogP contribution in [0.1, 0.15) is 82.5 Å². The molecule has 2 aliphatic carbocycles. The van der Waals surface area contributed by atoms with Gasteiger partial charge < -0.3 is 20.4 Å². The number of hydrogen-bond donors (Lipinski definition) is 4. The molecule has 0 saturated carbocycles. The molecule has 2 aromatic carbocycles. The van der Waals surface area contributed by atoms with Crippen molar-refractivity contribution in [2.75, 3.05) is 0 Å². The first-order chi connectivity index (χ1) is 14.9. The molecule has 0 radical (unpaired) electrons. The molecule has 0 saturated heterocycles. The third-order valence-electron chi connectivity index (χ3n) is 7.17. The van der Waals surface area contributed by atoms with Gasteiger partial charge in [0.1, 0.15) is 23.7 Å². The van der Waals surface area contributed by atoms with Crippen molar-refractivity contribution in [3.63, 3.8) is 0 Å². The van der Waals surface area contributed by atoms with Crippen LogP contribution in [0.5, 0.6) is 11.5 Å². The molecule has 4 atom stereocenters. The van der Waals surface area contributed by atoms with E-state index in [1.54, 1.807) is 26.0 Å². The Morgan fingerprint density at radius 3 is 1.25 bits per heavy atom. The number of aliphatic hydroxyl groups is 2. The summed E-state index contributed by atoms with van der Waals surface area (Å²) in [7, 11) is 0. The molecule has 4 rings (SSSR count). The van der Waals surface area contributed by atoms with E-state index in [1.165, 1.54) is 0 Å². The molecule has 0 spiro atoms. The molecule has 4 N–H and O–H groups in total. The average molecular weight is 439 g/mol. The highest BCUT2D eigenvalue weighted by atomic mass is 16.3. The van der Waals surface area contributed by atoms with Gasteiger partial charge in [0.15, 0.2) is 11.6 Å². The summed E-state index contributed by atoms with van der Waals surface area (Å²) < 4.78 is 0. The van der Waals surface area contributed by atoms with Crippen LogP contribution >= 0.6 is 0 Å². The zero-order valence-corrected chi connectivity index (χ0v) is 19.2. The number of benzene rings is 2. The number of ketones is 2. The lowest BCUT2D eigenvalue weighted by molar-refractivity contribution is 0.0692. The number of phenols is 2. The van der Waals surface area contributed by atoms with Crippen molar-refractivity contribution in [3.8, 4) is 22.6 Å². The predicted molar refractivity (Wildman–Crippen MR) is 121 cm³/mol. The fraction of sp³-hybridized carbons (Fsp3) is 0.462. The van der Waals surface area contributed by atoms with Crippen LogP contribution in [-0.4, -0.2) is 44.2 Å². The van der Waals surface area contributed by atoms with Crippen LogP contribution in [0.4, 0.5) is 0 Å². The predicted octanol–water partition coefficient (Wildman–Crippen LogP) is 3.98. The first kappa shape index (κ1) is 22.5. The Balaban J connectivity index is 2.00. The van der Waals surface area contributed by atoms with Gasteiger partial charge in [-0.2, -0.15) is 0 Å². The van der Waals surface area contributed by atoms with Crippen LogP contribution in [0.15, 0.2) is 12.1 Å². The summed E-state index contributed by atoms with van der Waals surface area (Å²) in [5.74, 6) is -2.54. The number of aromatic hydroxyl groups is 2. The van der Waals surface area contributed by atoms with Gasteiger partial charge in [0.2, 0.25) is 0 Å². The van der Waals surface area contributed by atoms with Gasteiger partial charge in [-0.25, -0.2) is 0 Å². The molecule has 170 valence electrons. The standard InChI is InChI=1S/C26H30O6/c1-9(2)15-13-7-11(5)17(21(27)19(13)25(31)23(15)29)18-12(6)8-14-16(10(3)4)24(30)26(32)20(14)22(18)28/h7-10,15-16,23-24,27-30H,1-6H3. The second-order valence-electron chi connectivity index (χ2n) is 9.92.